The van der Waals surface area contributed by atoms with Crippen molar-refractivity contribution >= 4 is 11.7 Å². The minimum atomic E-state index is -0.583. The van der Waals surface area contributed by atoms with Gasteiger partial charge in [-0.25, -0.2) is 0 Å². The second-order valence-electron chi connectivity index (χ2n) is 4.25. The van der Waals surface area contributed by atoms with Gasteiger partial charge in [0.2, 0.25) is 5.91 Å². The number of rotatable bonds is 4. The summed E-state index contributed by atoms with van der Waals surface area (Å²) in [6, 6.07) is 0. The van der Waals surface area contributed by atoms with Gasteiger partial charge in [-0.1, -0.05) is 5.16 Å². The van der Waals surface area contributed by atoms with Gasteiger partial charge in [0, 0.05) is 19.7 Å². The first-order valence-corrected chi connectivity index (χ1v) is 5.98. The van der Waals surface area contributed by atoms with Crippen molar-refractivity contribution in [3.8, 4) is 0 Å². The lowest BCUT2D eigenvalue weighted by molar-refractivity contribution is -0.137. The summed E-state index contributed by atoms with van der Waals surface area (Å²) >= 11 is 0. The van der Waals surface area contributed by atoms with Crippen molar-refractivity contribution in [2.24, 2.45) is 16.8 Å². The quantitative estimate of drug-likeness (QED) is 0.324. The fourth-order valence-electron chi connectivity index (χ4n) is 2.00. The normalized spacial score (nSPS) is 23.5. The summed E-state index contributed by atoms with van der Waals surface area (Å²) < 4.78 is 5.52. The molecule has 1 saturated heterocycles. The molecule has 0 saturated carbocycles. The van der Waals surface area contributed by atoms with Gasteiger partial charge < -0.3 is 20.6 Å². The van der Waals surface area contributed by atoms with Crippen molar-refractivity contribution in [3.05, 3.63) is 0 Å². The Hall–Kier alpha value is -1.30. The van der Waals surface area contributed by atoms with Crippen LogP contribution < -0.4 is 5.73 Å². The zero-order chi connectivity index (χ0) is 12.8. The molecule has 0 aromatic heterocycles. The molecule has 0 bridgehead atoms. The third-order valence-corrected chi connectivity index (χ3v) is 3.02. The molecule has 1 fully saturated rings. The second kappa shape index (κ2) is 6.44. The van der Waals surface area contributed by atoms with Gasteiger partial charge in [0.1, 0.15) is 0 Å². The Bertz CT molecular complexity index is 292. The number of oxime groups is 1. The monoisotopic (exact) mass is 243 g/mol. The van der Waals surface area contributed by atoms with Crippen LogP contribution in [0.4, 0.5) is 0 Å². The summed E-state index contributed by atoms with van der Waals surface area (Å²) in [5.41, 5.74) is 5.44. The number of nitrogens with two attached hydrogens (primary N) is 1. The van der Waals surface area contributed by atoms with Crippen LogP contribution >= 0.6 is 0 Å². The molecule has 1 heterocycles. The van der Waals surface area contributed by atoms with Crippen LogP contribution in [0, 0.1) is 5.92 Å². The van der Waals surface area contributed by atoms with Gasteiger partial charge in [0.25, 0.3) is 0 Å². The molecule has 1 aliphatic rings. The van der Waals surface area contributed by atoms with Crippen LogP contribution in [0.2, 0.25) is 0 Å². The molecule has 0 spiro atoms. The first-order valence-electron chi connectivity index (χ1n) is 5.98. The zero-order valence-corrected chi connectivity index (χ0v) is 10.4. The number of nitrogens with zero attached hydrogens (tertiary/aromatic N) is 2. The smallest absolute Gasteiger partial charge is 0.233 e. The third kappa shape index (κ3) is 3.59. The van der Waals surface area contributed by atoms with E-state index >= 15 is 0 Å². The van der Waals surface area contributed by atoms with Crippen LogP contribution in [0.5, 0.6) is 0 Å². The fourth-order valence-corrected chi connectivity index (χ4v) is 2.00. The Morgan fingerprint density at radius 3 is 3.00 bits per heavy atom. The fraction of sp³-hybridized carbons (Fsp3) is 0.818. The highest BCUT2D eigenvalue weighted by Gasteiger charge is 2.28. The standard InChI is InChI=1S/C11H21N3O3/c1-3-17-9-5-4-6-14(7-9)11(15)8(2)10(12)13-16/h8-9,16H,3-7H2,1-2H3,(H2,12,13). The highest BCUT2D eigenvalue weighted by molar-refractivity contribution is 6.01. The first kappa shape index (κ1) is 13.8. The van der Waals surface area contributed by atoms with Gasteiger partial charge in [-0.05, 0) is 26.7 Å². The molecule has 1 aliphatic heterocycles. The Kier molecular flexibility index (Phi) is 5.21. The van der Waals surface area contributed by atoms with Gasteiger partial charge in [0.15, 0.2) is 5.84 Å². The molecule has 0 aromatic rings. The van der Waals surface area contributed by atoms with Crippen molar-refractivity contribution in [2.45, 2.75) is 32.8 Å². The summed E-state index contributed by atoms with van der Waals surface area (Å²) in [6.45, 7) is 5.55. The number of carbonyl (C=O) groups excluding carboxylic acids is 1. The van der Waals surface area contributed by atoms with E-state index in [2.05, 4.69) is 5.16 Å². The van der Waals surface area contributed by atoms with Crippen LogP contribution in [0.25, 0.3) is 0 Å². The van der Waals surface area contributed by atoms with Crippen LogP contribution in [0.1, 0.15) is 26.7 Å². The molecular formula is C11H21N3O3. The molecule has 0 radical (unpaired) electrons. The molecule has 3 N–H and O–H groups in total. The summed E-state index contributed by atoms with van der Waals surface area (Å²) in [5.74, 6) is -0.737. The molecule has 0 aromatic carbocycles. The van der Waals surface area contributed by atoms with Crippen molar-refractivity contribution in [1.82, 2.24) is 4.90 Å². The molecular weight excluding hydrogens is 222 g/mol. The van der Waals surface area contributed by atoms with E-state index in [-0.39, 0.29) is 17.8 Å². The van der Waals surface area contributed by atoms with E-state index in [1.54, 1.807) is 11.8 Å². The lowest BCUT2D eigenvalue weighted by atomic mass is 10.0. The van der Waals surface area contributed by atoms with Crippen LogP contribution in [-0.2, 0) is 9.53 Å². The zero-order valence-electron chi connectivity index (χ0n) is 10.4. The van der Waals surface area contributed by atoms with Gasteiger partial charge in [-0.2, -0.15) is 0 Å². The molecule has 98 valence electrons. The predicted octanol–water partition coefficient (Wildman–Crippen LogP) is 0.396. The Morgan fingerprint density at radius 1 is 1.71 bits per heavy atom. The number of ether oxygens (including phenoxy) is 1. The summed E-state index contributed by atoms with van der Waals surface area (Å²) in [7, 11) is 0. The van der Waals surface area contributed by atoms with E-state index < -0.39 is 5.92 Å². The lowest BCUT2D eigenvalue weighted by Gasteiger charge is -2.33. The predicted molar refractivity (Wildman–Crippen MR) is 63.8 cm³/mol. The van der Waals surface area contributed by atoms with Crippen molar-refractivity contribution < 1.29 is 14.7 Å². The van der Waals surface area contributed by atoms with E-state index in [0.29, 0.717) is 19.7 Å². The summed E-state index contributed by atoms with van der Waals surface area (Å²) in [4.78, 5) is 13.8. The molecule has 2 unspecified atom stereocenters. The molecule has 6 heteroatoms. The highest BCUT2D eigenvalue weighted by Crippen LogP contribution is 2.15. The maximum absolute atomic E-state index is 12.0. The van der Waals surface area contributed by atoms with Crippen molar-refractivity contribution in [3.63, 3.8) is 0 Å². The molecule has 1 amide bonds. The van der Waals surface area contributed by atoms with Crippen molar-refractivity contribution in [2.75, 3.05) is 19.7 Å². The van der Waals surface area contributed by atoms with E-state index in [9.17, 15) is 4.79 Å². The maximum Gasteiger partial charge on any atom is 0.233 e. The Labute approximate surface area is 101 Å². The van der Waals surface area contributed by atoms with E-state index in [1.807, 2.05) is 6.92 Å². The van der Waals surface area contributed by atoms with Crippen LogP contribution in [0.3, 0.4) is 0 Å². The van der Waals surface area contributed by atoms with Gasteiger partial charge >= 0.3 is 0 Å². The summed E-state index contributed by atoms with van der Waals surface area (Å²) in [5, 5.41) is 11.4. The molecule has 2 atom stereocenters. The molecule has 0 aliphatic carbocycles. The topological polar surface area (TPSA) is 88.2 Å². The highest BCUT2D eigenvalue weighted by atomic mass is 16.5. The average Bonchev–Trinajstić information content (AvgIpc) is 2.36. The largest absolute Gasteiger partial charge is 0.409 e. The SMILES string of the molecule is CCOC1CCCN(C(=O)C(C)C(N)=NO)C1. The second-order valence-corrected chi connectivity index (χ2v) is 4.25. The average molecular weight is 243 g/mol. The van der Waals surface area contributed by atoms with Crippen LogP contribution in [-0.4, -0.2) is 47.7 Å². The number of likely N-dealkylation sites (tertiary alicyclic amines) is 1. The third-order valence-electron chi connectivity index (χ3n) is 3.02. The van der Waals surface area contributed by atoms with Gasteiger partial charge in [0.05, 0.1) is 12.0 Å². The lowest BCUT2D eigenvalue weighted by Crippen LogP contribution is -2.47. The number of amides is 1. The first-order chi connectivity index (χ1) is 8.10. The van der Waals surface area contributed by atoms with E-state index in [1.165, 1.54) is 0 Å². The van der Waals surface area contributed by atoms with E-state index in [4.69, 9.17) is 15.7 Å². The molecule has 6 nitrogen and oxygen atoms in total. The van der Waals surface area contributed by atoms with Gasteiger partial charge in [-0.15, -0.1) is 0 Å². The molecule has 17 heavy (non-hydrogen) atoms. The Morgan fingerprint density at radius 2 is 2.41 bits per heavy atom. The number of amidine groups is 1. The number of piperidine rings is 1. The molecule has 1 rings (SSSR count). The minimum absolute atomic E-state index is 0.0477. The number of hydrogen-bond donors (Lipinski definition) is 2. The van der Waals surface area contributed by atoms with Crippen LogP contribution in [0.15, 0.2) is 5.16 Å². The maximum atomic E-state index is 12.0. The van der Waals surface area contributed by atoms with Gasteiger partial charge in [-0.3, -0.25) is 4.79 Å². The number of carbonyl (C=O) groups is 1. The Balaban J connectivity index is 2.57. The minimum Gasteiger partial charge on any atom is -0.409 e. The van der Waals surface area contributed by atoms with Crippen molar-refractivity contribution in [1.29, 1.82) is 0 Å². The summed E-state index contributed by atoms with van der Waals surface area (Å²) in [6.07, 6.45) is 2.02. The van der Waals surface area contributed by atoms with E-state index in [0.717, 1.165) is 12.8 Å². The number of hydrogen-bond acceptors (Lipinski definition) is 4.